The van der Waals surface area contributed by atoms with Crippen LogP contribution in [0.15, 0.2) is 66.0 Å². The van der Waals surface area contributed by atoms with Crippen LogP contribution in [-0.2, 0) is 10.3 Å². The van der Waals surface area contributed by atoms with E-state index in [0.717, 1.165) is 13.0 Å². The van der Waals surface area contributed by atoms with Gasteiger partial charge in [-0.1, -0.05) is 54.6 Å². The first-order valence-corrected chi connectivity index (χ1v) is 8.66. The zero-order valence-electron chi connectivity index (χ0n) is 12.2. The maximum Gasteiger partial charge on any atom is 0.135 e. The van der Waals surface area contributed by atoms with Crippen molar-refractivity contribution < 1.29 is 4.74 Å². The van der Waals surface area contributed by atoms with Crippen molar-refractivity contribution in [3.05, 3.63) is 82.0 Å². The fraction of sp³-hybridized carbons (Fsp3) is 0.200. The van der Waals surface area contributed by atoms with E-state index in [0.29, 0.717) is 5.92 Å². The molecule has 0 radical (unpaired) electrons. The summed E-state index contributed by atoms with van der Waals surface area (Å²) in [4.78, 5) is 1.39. The Bertz CT molecular complexity index is 836. The molecule has 0 bridgehead atoms. The number of thiophene rings is 1. The van der Waals surface area contributed by atoms with Gasteiger partial charge in [-0.15, -0.1) is 11.3 Å². The number of benzene rings is 2. The average Bonchev–Trinajstić information content (AvgIpc) is 3.27. The Kier molecular flexibility index (Phi) is 2.61. The fourth-order valence-electron chi connectivity index (χ4n) is 4.19. The third-order valence-electron chi connectivity index (χ3n) is 5.05. The van der Waals surface area contributed by atoms with Crippen LogP contribution in [0.1, 0.15) is 28.3 Å². The molecule has 22 heavy (non-hydrogen) atoms. The summed E-state index contributed by atoms with van der Waals surface area (Å²) in [6.45, 7) is 0.825. The predicted molar refractivity (Wildman–Crippen MR) is 90.3 cm³/mol. The number of hydrogen-bond acceptors (Lipinski definition) is 2. The summed E-state index contributed by atoms with van der Waals surface area (Å²) in [6, 6.07) is 21.9. The van der Waals surface area contributed by atoms with Gasteiger partial charge in [-0.2, -0.15) is 0 Å². The Morgan fingerprint density at radius 1 is 0.909 bits per heavy atom. The maximum atomic E-state index is 6.49. The van der Waals surface area contributed by atoms with Gasteiger partial charge in [0, 0.05) is 17.4 Å². The summed E-state index contributed by atoms with van der Waals surface area (Å²) in [6.07, 6.45) is 1.08. The zero-order valence-corrected chi connectivity index (χ0v) is 13.0. The molecule has 1 aliphatic carbocycles. The fourth-order valence-corrected chi connectivity index (χ4v) is 5.32. The van der Waals surface area contributed by atoms with Crippen LogP contribution in [0.25, 0.3) is 11.1 Å². The summed E-state index contributed by atoms with van der Waals surface area (Å²) in [5.74, 6) is 0.398. The van der Waals surface area contributed by atoms with Gasteiger partial charge in [-0.05, 0) is 40.1 Å². The molecule has 2 heterocycles. The second-order valence-corrected chi connectivity index (χ2v) is 6.96. The van der Waals surface area contributed by atoms with Crippen LogP contribution >= 0.6 is 11.3 Å². The normalized spacial score (nSPS) is 25.4. The highest BCUT2D eigenvalue weighted by Crippen LogP contribution is 2.61. The number of ether oxygens (including phenoxy) is 1. The smallest absolute Gasteiger partial charge is 0.135 e. The predicted octanol–water partition coefficient (Wildman–Crippen LogP) is 5.18. The molecule has 3 aromatic rings. The number of rotatable bonds is 1. The molecule has 1 aromatic heterocycles. The van der Waals surface area contributed by atoms with Crippen molar-refractivity contribution in [1.29, 1.82) is 0 Å². The second kappa shape index (κ2) is 4.55. The molecule has 0 saturated carbocycles. The SMILES string of the molecule is c1ccc(C2CCOC23c2ccccc2-c2ccsc23)cc1. The average molecular weight is 304 g/mol. The van der Waals surface area contributed by atoms with E-state index >= 15 is 0 Å². The first-order chi connectivity index (χ1) is 10.9. The van der Waals surface area contributed by atoms with Gasteiger partial charge in [0.2, 0.25) is 0 Å². The van der Waals surface area contributed by atoms with E-state index in [1.807, 2.05) is 11.3 Å². The Morgan fingerprint density at radius 2 is 1.73 bits per heavy atom. The second-order valence-electron chi connectivity index (χ2n) is 6.05. The van der Waals surface area contributed by atoms with Crippen molar-refractivity contribution in [3.8, 4) is 11.1 Å². The molecule has 0 N–H and O–H groups in total. The number of hydrogen-bond donors (Lipinski definition) is 0. The first-order valence-electron chi connectivity index (χ1n) is 7.78. The van der Waals surface area contributed by atoms with Crippen LogP contribution in [0.2, 0.25) is 0 Å². The Labute approximate surface area is 134 Å². The standard InChI is InChI=1S/C20H16OS/c1-2-6-14(7-3-1)17-10-12-21-20(17)18-9-5-4-8-15(18)16-11-13-22-19(16)20/h1-9,11,13,17H,10,12H2. The molecule has 2 unspecified atom stereocenters. The van der Waals surface area contributed by atoms with Gasteiger partial charge in [0.05, 0.1) is 0 Å². The van der Waals surface area contributed by atoms with Gasteiger partial charge in [0.25, 0.3) is 0 Å². The molecule has 2 heteroatoms. The van der Waals surface area contributed by atoms with Gasteiger partial charge in [-0.25, -0.2) is 0 Å². The zero-order chi connectivity index (χ0) is 14.6. The molecule has 0 amide bonds. The minimum absolute atomic E-state index is 0.276. The Hall–Kier alpha value is -1.90. The van der Waals surface area contributed by atoms with E-state index in [9.17, 15) is 0 Å². The highest BCUT2D eigenvalue weighted by molar-refractivity contribution is 7.10. The highest BCUT2D eigenvalue weighted by Gasteiger charge is 2.54. The molecule has 2 aromatic carbocycles. The van der Waals surface area contributed by atoms with Crippen molar-refractivity contribution in [1.82, 2.24) is 0 Å². The molecular formula is C20H16OS. The summed E-state index contributed by atoms with van der Waals surface area (Å²) < 4.78 is 6.49. The lowest BCUT2D eigenvalue weighted by molar-refractivity contribution is 0.0329. The molecule has 1 spiro atoms. The van der Waals surface area contributed by atoms with Crippen LogP contribution in [0.5, 0.6) is 0 Å². The molecule has 1 fully saturated rings. The summed E-state index contributed by atoms with van der Waals surface area (Å²) in [7, 11) is 0. The minimum atomic E-state index is -0.276. The van der Waals surface area contributed by atoms with Gasteiger partial charge >= 0.3 is 0 Å². The van der Waals surface area contributed by atoms with E-state index < -0.39 is 0 Å². The summed E-state index contributed by atoms with van der Waals surface area (Å²) >= 11 is 1.84. The highest BCUT2D eigenvalue weighted by atomic mass is 32.1. The van der Waals surface area contributed by atoms with Crippen molar-refractivity contribution in [2.24, 2.45) is 0 Å². The molecular weight excluding hydrogens is 288 g/mol. The molecule has 5 rings (SSSR count). The van der Waals surface area contributed by atoms with Crippen LogP contribution in [0.3, 0.4) is 0 Å². The van der Waals surface area contributed by atoms with E-state index in [4.69, 9.17) is 4.74 Å². The van der Waals surface area contributed by atoms with Crippen molar-refractivity contribution in [2.45, 2.75) is 17.9 Å². The lowest BCUT2D eigenvalue weighted by Gasteiger charge is -2.32. The Morgan fingerprint density at radius 3 is 2.64 bits per heavy atom. The summed E-state index contributed by atoms with van der Waals surface area (Å²) in [5.41, 5.74) is 5.17. The lowest BCUT2D eigenvalue weighted by atomic mass is 9.78. The van der Waals surface area contributed by atoms with Gasteiger partial charge < -0.3 is 4.74 Å². The van der Waals surface area contributed by atoms with Gasteiger partial charge in [0.1, 0.15) is 5.60 Å². The molecule has 1 nitrogen and oxygen atoms in total. The molecule has 108 valence electrons. The molecule has 1 aliphatic heterocycles. The number of fused-ring (bicyclic) bond motifs is 5. The van der Waals surface area contributed by atoms with Crippen LogP contribution in [0, 0.1) is 0 Å². The van der Waals surface area contributed by atoms with E-state index in [-0.39, 0.29) is 5.60 Å². The maximum absolute atomic E-state index is 6.49. The third-order valence-corrected chi connectivity index (χ3v) is 6.08. The van der Waals surface area contributed by atoms with E-state index in [1.54, 1.807) is 0 Å². The minimum Gasteiger partial charge on any atom is -0.364 e. The monoisotopic (exact) mass is 304 g/mol. The van der Waals surface area contributed by atoms with Gasteiger partial charge in [-0.3, -0.25) is 0 Å². The van der Waals surface area contributed by atoms with Crippen LogP contribution in [-0.4, -0.2) is 6.61 Å². The van der Waals surface area contributed by atoms with Crippen LogP contribution < -0.4 is 0 Å². The molecule has 1 saturated heterocycles. The Balaban J connectivity index is 1.80. The summed E-state index contributed by atoms with van der Waals surface area (Å²) in [5, 5.41) is 2.20. The van der Waals surface area contributed by atoms with Gasteiger partial charge in [0.15, 0.2) is 0 Å². The van der Waals surface area contributed by atoms with E-state index in [2.05, 4.69) is 66.0 Å². The van der Waals surface area contributed by atoms with Crippen LogP contribution in [0.4, 0.5) is 0 Å². The van der Waals surface area contributed by atoms with Crippen molar-refractivity contribution >= 4 is 11.3 Å². The largest absolute Gasteiger partial charge is 0.364 e. The lowest BCUT2D eigenvalue weighted by Crippen LogP contribution is -2.29. The molecule has 2 atom stereocenters. The van der Waals surface area contributed by atoms with Crippen molar-refractivity contribution in [3.63, 3.8) is 0 Å². The van der Waals surface area contributed by atoms with Crippen molar-refractivity contribution in [2.75, 3.05) is 6.61 Å². The topological polar surface area (TPSA) is 9.23 Å². The van der Waals surface area contributed by atoms with E-state index in [1.165, 1.54) is 27.1 Å². The quantitative estimate of drug-likeness (QED) is 0.602. The molecule has 2 aliphatic rings. The third kappa shape index (κ3) is 1.47. The first kappa shape index (κ1) is 12.6.